The number of piperidine rings is 1. The highest BCUT2D eigenvalue weighted by atomic mass is 19.4. The summed E-state index contributed by atoms with van der Waals surface area (Å²) in [6.07, 6.45) is -2.55. The van der Waals surface area contributed by atoms with Gasteiger partial charge in [0, 0.05) is 38.6 Å². The van der Waals surface area contributed by atoms with Crippen molar-refractivity contribution >= 4 is 11.8 Å². The first-order valence-corrected chi connectivity index (χ1v) is 9.63. The number of halogens is 3. The number of hydrogen-bond donors (Lipinski definition) is 1. The Labute approximate surface area is 162 Å². The van der Waals surface area contributed by atoms with Gasteiger partial charge < -0.3 is 15.5 Å². The SMILES string of the molecule is CC1CCN(C(=O)C2CC(=O)N(Cc3cccc(C(F)(F)F)c3)C2)C(CN)C1. The van der Waals surface area contributed by atoms with Crippen LogP contribution in [-0.2, 0) is 22.3 Å². The number of carbonyl (C=O) groups excluding carboxylic acids is 2. The molecule has 1 aromatic carbocycles. The molecule has 154 valence electrons. The van der Waals surface area contributed by atoms with Crippen LogP contribution in [0.5, 0.6) is 0 Å². The summed E-state index contributed by atoms with van der Waals surface area (Å²) >= 11 is 0. The van der Waals surface area contributed by atoms with Crippen molar-refractivity contribution in [1.29, 1.82) is 0 Å². The Morgan fingerprint density at radius 3 is 2.75 bits per heavy atom. The van der Waals surface area contributed by atoms with Crippen molar-refractivity contribution in [2.24, 2.45) is 17.6 Å². The van der Waals surface area contributed by atoms with Gasteiger partial charge in [0.1, 0.15) is 0 Å². The Balaban J connectivity index is 1.66. The Kier molecular flexibility index (Phi) is 5.98. The maximum Gasteiger partial charge on any atom is 0.416 e. The van der Waals surface area contributed by atoms with Crippen molar-refractivity contribution in [3.63, 3.8) is 0 Å². The van der Waals surface area contributed by atoms with Crippen LogP contribution in [0.3, 0.4) is 0 Å². The highest BCUT2D eigenvalue weighted by Gasteiger charge is 2.39. The normalized spacial score (nSPS) is 26.0. The van der Waals surface area contributed by atoms with Crippen molar-refractivity contribution in [1.82, 2.24) is 9.80 Å². The first kappa shape index (κ1) is 20.6. The molecule has 0 bridgehead atoms. The van der Waals surface area contributed by atoms with Gasteiger partial charge >= 0.3 is 6.18 Å². The van der Waals surface area contributed by atoms with Crippen molar-refractivity contribution in [2.75, 3.05) is 19.6 Å². The van der Waals surface area contributed by atoms with E-state index in [4.69, 9.17) is 5.73 Å². The van der Waals surface area contributed by atoms with Gasteiger partial charge in [-0.1, -0.05) is 19.1 Å². The van der Waals surface area contributed by atoms with Gasteiger partial charge in [0.2, 0.25) is 11.8 Å². The Morgan fingerprint density at radius 1 is 1.32 bits per heavy atom. The predicted molar refractivity (Wildman–Crippen MR) is 97.9 cm³/mol. The van der Waals surface area contributed by atoms with E-state index < -0.39 is 17.7 Å². The average Bonchev–Trinajstić information content (AvgIpc) is 3.01. The fourth-order valence-corrected chi connectivity index (χ4v) is 4.16. The minimum atomic E-state index is -4.42. The molecule has 2 heterocycles. The monoisotopic (exact) mass is 397 g/mol. The molecule has 0 aromatic heterocycles. The van der Waals surface area contributed by atoms with E-state index in [1.807, 2.05) is 0 Å². The molecule has 2 saturated heterocycles. The number of nitrogens with two attached hydrogens (primary N) is 1. The first-order chi connectivity index (χ1) is 13.2. The second-order valence-electron chi connectivity index (χ2n) is 7.92. The smallest absolute Gasteiger partial charge is 0.338 e. The Hall–Kier alpha value is -2.09. The van der Waals surface area contributed by atoms with E-state index in [1.165, 1.54) is 11.0 Å². The summed E-state index contributed by atoms with van der Waals surface area (Å²) < 4.78 is 38.7. The number of hydrogen-bond acceptors (Lipinski definition) is 3. The molecule has 2 aliphatic rings. The summed E-state index contributed by atoms with van der Waals surface area (Å²) in [5, 5.41) is 0. The van der Waals surface area contributed by atoms with E-state index in [1.54, 1.807) is 11.0 Å². The zero-order chi connectivity index (χ0) is 20.5. The summed E-state index contributed by atoms with van der Waals surface area (Å²) in [6.45, 7) is 3.48. The van der Waals surface area contributed by atoms with Crippen molar-refractivity contribution in [3.05, 3.63) is 35.4 Å². The molecule has 2 fully saturated rings. The second kappa shape index (κ2) is 8.11. The number of alkyl halides is 3. The maximum atomic E-state index is 12.9. The largest absolute Gasteiger partial charge is 0.416 e. The van der Waals surface area contributed by atoms with E-state index in [0.29, 0.717) is 24.6 Å². The average molecular weight is 397 g/mol. The summed E-state index contributed by atoms with van der Waals surface area (Å²) in [7, 11) is 0. The third-order valence-corrected chi connectivity index (χ3v) is 5.72. The molecule has 0 saturated carbocycles. The van der Waals surface area contributed by atoms with Gasteiger partial charge in [0.25, 0.3) is 0 Å². The molecule has 8 heteroatoms. The molecule has 3 rings (SSSR count). The minimum absolute atomic E-state index is 0.0103. The Morgan fingerprint density at radius 2 is 2.07 bits per heavy atom. The lowest BCUT2D eigenvalue weighted by Crippen LogP contribution is -2.51. The van der Waals surface area contributed by atoms with Gasteiger partial charge in [-0.05, 0) is 36.5 Å². The van der Waals surface area contributed by atoms with Crippen LogP contribution in [0, 0.1) is 11.8 Å². The summed E-state index contributed by atoms with van der Waals surface area (Å²) in [4.78, 5) is 28.6. The molecular formula is C20H26F3N3O2. The number of likely N-dealkylation sites (tertiary alicyclic amines) is 2. The van der Waals surface area contributed by atoms with Crippen LogP contribution in [0.15, 0.2) is 24.3 Å². The van der Waals surface area contributed by atoms with Gasteiger partial charge in [-0.15, -0.1) is 0 Å². The number of rotatable bonds is 4. The quantitative estimate of drug-likeness (QED) is 0.850. The molecule has 0 spiro atoms. The van der Waals surface area contributed by atoms with Gasteiger partial charge in [-0.25, -0.2) is 0 Å². The molecule has 0 aliphatic carbocycles. The number of amides is 2. The van der Waals surface area contributed by atoms with Gasteiger partial charge in [-0.2, -0.15) is 13.2 Å². The van der Waals surface area contributed by atoms with Crippen molar-refractivity contribution in [2.45, 2.75) is 44.9 Å². The molecular weight excluding hydrogens is 371 g/mol. The zero-order valence-electron chi connectivity index (χ0n) is 15.9. The van der Waals surface area contributed by atoms with Crippen LogP contribution >= 0.6 is 0 Å². The molecule has 2 N–H and O–H groups in total. The number of benzene rings is 1. The van der Waals surface area contributed by atoms with Crippen LogP contribution in [0.4, 0.5) is 13.2 Å². The Bertz CT molecular complexity index is 738. The van der Waals surface area contributed by atoms with Crippen LogP contribution < -0.4 is 5.73 Å². The van der Waals surface area contributed by atoms with Crippen molar-refractivity contribution in [3.8, 4) is 0 Å². The summed E-state index contributed by atoms with van der Waals surface area (Å²) in [5.41, 5.74) is 5.50. The topological polar surface area (TPSA) is 66.6 Å². The fourth-order valence-electron chi connectivity index (χ4n) is 4.16. The van der Waals surface area contributed by atoms with E-state index in [2.05, 4.69) is 6.92 Å². The standard InChI is InChI=1S/C20H26F3N3O2/c1-13-5-6-26(17(7-13)10-24)19(28)15-9-18(27)25(12-15)11-14-3-2-4-16(8-14)20(21,22)23/h2-4,8,13,15,17H,5-7,9-12,24H2,1H3. The number of carbonyl (C=O) groups is 2. The van der Waals surface area contributed by atoms with E-state index in [-0.39, 0.29) is 37.4 Å². The minimum Gasteiger partial charge on any atom is -0.338 e. The first-order valence-electron chi connectivity index (χ1n) is 9.63. The van der Waals surface area contributed by atoms with Gasteiger partial charge in [0.15, 0.2) is 0 Å². The molecule has 0 radical (unpaired) electrons. The van der Waals surface area contributed by atoms with Crippen LogP contribution in [-0.4, -0.2) is 47.3 Å². The summed E-state index contributed by atoms with van der Waals surface area (Å²) in [5.74, 6) is -0.214. The van der Waals surface area contributed by atoms with Gasteiger partial charge in [-0.3, -0.25) is 9.59 Å². The van der Waals surface area contributed by atoms with E-state index >= 15 is 0 Å². The highest BCUT2D eigenvalue weighted by Crippen LogP contribution is 2.31. The lowest BCUT2D eigenvalue weighted by molar-refractivity contribution is -0.140. The third kappa shape index (κ3) is 4.48. The zero-order valence-corrected chi connectivity index (χ0v) is 15.9. The molecule has 3 unspecified atom stereocenters. The maximum absolute atomic E-state index is 12.9. The van der Waals surface area contributed by atoms with Gasteiger partial charge in [0.05, 0.1) is 11.5 Å². The molecule has 28 heavy (non-hydrogen) atoms. The van der Waals surface area contributed by atoms with Crippen LogP contribution in [0.1, 0.15) is 37.3 Å². The molecule has 2 amide bonds. The predicted octanol–water partition coefficient (Wildman–Crippen LogP) is 2.64. The van der Waals surface area contributed by atoms with Crippen LogP contribution in [0.2, 0.25) is 0 Å². The third-order valence-electron chi connectivity index (χ3n) is 5.72. The van der Waals surface area contributed by atoms with E-state index in [9.17, 15) is 22.8 Å². The number of nitrogens with zero attached hydrogens (tertiary/aromatic N) is 2. The van der Waals surface area contributed by atoms with E-state index in [0.717, 1.165) is 25.0 Å². The summed E-state index contributed by atoms with van der Waals surface area (Å²) in [6, 6.07) is 4.95. The van der Waals surface area contributed by atoms with Crippen LogP contribution in [0.25, 0.3) is 0 Å². The molecule has 5 nitrogen and oxygen atoms in total. The highest BCUT2D eigenvalue weighted by molar-refractivity contribution is 5.89. The fraction of sp³-hybridized carbons (Fsp3) is 0.600. The molecule has 2 aliphatic heterocycles. The molecule has 3 atom stereocenters. The second-order valence-corrected chi connectivity index (χ2v) is 7.92. The lowest BCUT2D eigenvalue weighted by Gasteiger charge is -2.39. The van der Waals surface area contributed by atoms with Crippen molar-refractivity contribution < 1.29 is 22.8 Å². The lowest BCUT2D eigenvalue weighted by atomic mass is 9.91. The molecule has 1 aromatic rings.